The molecule has 2 heterocycles. The van der Waals surface area contributed by atoms with Crippen LogP contribution in [0.4, 0.5) is 11.4 Å². The number of hydrogen-bond acceptors (Lipinski definition) is 5. The van der Waals surface area contributed by atoms with E-state index in [-0.39, 0.29) is 10.8 Å². The Balaban J connectivity index is 1.89. The maximum atomic E-state index is 13.0. The van der Waals surface area contributed by atoms with Crippen molar-refractivity contribution in [2.24, 2.45) is 0 Å². The van der Waals surface area contributed by atoms with Crippen molar-refractivity contribution in [3.63, 3.8) is 0 Å². The number of hydrogen-bond donors (Lipinski definition) is 2. The zero-order valence-electron chi connectivity index (χ0n) is 16.7. The smallest absolute Gasteiger partial charge is 0.243 e. The van der Waals surface area contributed by atoms with Crippen molar-refractivity contribution in [2.75, 3.05) is 69.2 Å². The third kappa shape index (κ3) is 4.65. The van der Waals surface area contributed by atoms with Crippen LogP contribution in [-0.2, 0) is 19.6 Å². The van der Waals surface area contributed by atoms with E-state index >= 15 is 0 Å². The van der Waals surface area contributed by atoms with E-state index in [1.165, 1.54) is 4.31 Å². The molecule has 0 saturated carbocycles. The molecule has 156 valence electrons. The Bertz CT molecular complexity index is 785. The number of likely N-dealkylation sites (N-methyl/N-ethyl adjacent to an activating group) is 1. The first kappa shape index (κ1) is 21.0. The number of carbonyl (C=O) groups excluding carboxylic acids is 1. The summed E-state index contributed by atoms with van der Waals surface area (Å²) in [7, 11) is -3.61. The van der Waals surface area contributed by atoms with E-state index in [4.69, 9.17) is 4.74 Å². The number of carbonyl (C=O) groups is 1. The van der Waals surface area contributed by atoms with Gasteiger partial charge in [0.2, 0.25) is 15.9 Å². The molecule has 0 spiro atoms. The summed E-state index contributed by atoms with van der Waals surface area (Å²) in [5.74, 6) is -0.125. The second kappa shape index (κ2) is 9.21. The average molecular weight is 412 g/mol. The lowest BCUT2D eigenvalue weighted by Gasteiger charge is -2.34. The Morgan fingerprint density at radius 1 is 1.14 bits per heavy atom. The van der Waals surface area contributed by atoms with E-state index in [0.717, 1.165) is 38.4 Å². The molecular formula is C19H31N4O4S+. The molecule has 1 aromatic carbocycles. The molecule has 0 bridgehead atoms. The first-order valence-corrected chi connectivity index (χ1v) is 11.5. The summed E-state index contributed by atoms with van der Waals surface area (Å²) in [6.45, 7) is 10.4. The molecular weight excluding hydrogens is 380 g/mol. The lowest BCUT2D eigenvalue weighted by molar-refractivity contribution is -0.898. The van der Waals surface area contributed by atoms with Gasteiger partial charge < -0.3 is 19.9 Å². The van der Waals surface area contributed by atoms with Gasteiger partial charge in [-0.2, -0.15) is 4.31 Å². The lowest BCUT2D eigenvalue weighted by Crippen LogP contribution is -3.14. The van der Waals surface area contributed by atoms with Gasteiger partial charge in [0.15, 0.2) is 0 Å². The molecule has 1 amide bonds. The fourth-order valence-electron chi connectivity index (χ4n) is 3.64. The van der Waals surface area contributed by atoms with Crippen LogP contribution in [0.2, 0.25) is 0 Å². The van der Waals surface area contributed by atoms with E-state index < -0.39 is 10.0 Å². The molecule has 0 aliphatic carbocycles. The number of rotatable bonds is 6. The highest BCUT2D eigenvalue weighted by Crippen LogP contribution is 2.30. The van der Waals surface area contributed by atoms with E-state index in [1.54, 1.807) is 24.0 Å². The average Bonchev–Trinajstić information content (AvgIpc) is 2.74. The highest BCUT2D eigenvalue weighted by molar-refractivity contribution is 7.89. The number of sulfonamides is 1. The Kier molecular flexibility index (Phi) is 6.92. The van der Waals surface area contributed by atoms with Crippen molar-refractivity contribution >= 4 is 27.3 Å². The van der Waals surface area contributed by atoms with Crippen molar-refractivity contribution in [3.8, 4) is 0 Å². The molecule has 2 aliphatic rings. The second-order valence-electron chi connectivity index (χ2n) is 7.19. The summed E-state index contributed by atoms with van der Waals surface area (Å²) < 4.78 is 32.7. The fourth-order valence-corrected chi connectivity index (χ4v) is 5.08. The van der Waals surface area contributed by atoms with Crippen LogP contribution in [0.3, 0.4) is 0 Å². The molecule has 2 aliphatic heterocycles. The maximum Gasteiger partial charge on any atom is 0.243 e. The van der Waals surface area contributed by atoms with Crippen LogP contribution in [-0.4, -0.2) is 77.7 Å². The van der Waals surface area contributed by atoms with E-state index in [9.17, 15) is 13.2 Å². The number of amides is 1. The standard InChI is InChI=1S/C19H30N4O4S/c1-3-19(24)20-17-15-16(28(25,26)23-11-13-27-14-12-23)5-6-18(17)22-9-7-21(4-2)8-10-22/h5-6,15H,3-4,7-14H2,1-2H3,(H,20,24)/p+1. The molecule has 0 aromatic heterocycles. The predicted molar refractivity (Wildman–Crippen MR) is 108 cm³/mol. The minimum atomic E-state index is -3.61. The quantitative estimate of drug-likeness (QED) is 0.676. The summed E-state index contributed by atoms with van der Waals surface area (Å²) in [5, 5.41) is 2.90. The predicted octanol–water partition coefficient (Wildman–Crippen LogP) is -0.219. The van der Waals surface area contributed by atoms with Gasteiger partial charge in [-0.1, -0.05) is 6.92 Å². The van der Waals surface area contributed by atoms with Crippen molar-refractivity contribution in [2.45, 2.75) is 25.2 Å². The van der Waals surface area contributed by atoms with Crippen molar-refractivity contribution in [3.05, 3.63) is 18.2 Å². The van der Waals surface area contributed by atoms with Crippen LogP contribution in [0.1, 0.15) is 20.3 Å². The number of anilines is 2. The molecule has 8 nitrogen and oxygen atoms in total. The number of piperazine rings is 1. The Labute approximate surface area is 167 Å². The maximum absolute atomic E-state index is 13.0. The number of quaternary nitrogens is 1. The molecule has 2 saturated heterocycles. The Hall–Kier alpha value is -1.68. The van der Waals surface area contributed by atoms with E-state index in [0.29, 0.717) is 38.4 Å². The number of nitrogens with zero attached hydrogens (tertiary/aromatic N) is 2. The van der Waals surface area contributed by atoms with Gasteiger partial charge in [0.25, 0.3) is 0 Å². The van der Waals surface area contributed by atoms with Crippen LogP contribution in [0, 0.1) is 0 Å². The molecule has 2 fully saturated rings. The highest BCUT2D eigenvalue weighted by Gasteiger charge is 2.28. The highest BCUT2D eigenvalue weighted by atomic mass is 32.2. The summed E-state index contributed by atoms with van der Waals surface area (Å²) >= 11 is 0. The molecule has 9 heteroatoms. The Morgan fingerprint density at radius 3 is 2.43 bits per heavy atom. The van der Waals surface area contributed by atoms with E-state index in [2.05, 4.69) is 17.1 Å². The first-order chi connectivity index (χ1) is 13.5. The molecule has 2 N–H and O–H groups in total. The minimum Gasteiger partial charge on any atom is -0.379 e. The van der Waals surface area contributed by atoms with Gasteiger partial charge in [-0.3, -0.25) is 4.79 Å². The van der Waals surface area contributed by atoms with E-state index in [1.807, 2.05) is 6.07 Å². The van der Waals surface area contributed by atoms with Crippen LogP contribution in [0.15, 0.2) is 23.1 Å². The van der Waals surface area contributed by atoms with Crippen LogP contribution < -0.4 is 15.1 Å². The van der Waals surface area contributed by atoms with Gasteiger partial charge in [-0.25, -0.2) is 8.42 Å². The van der Waals surface area contributed by atoms with Crippen LogP contribution in [0.5, 0.6) is 0 Å². The SMILES string of the molecule is CCC(=O)Nc1cc(S(=O)(=O)N2CCOCC2)ccc1N1CC[NH+](CC)CC1. The van der Waals surface area contributed by atoms with Gasteiger partial charge in [0.1, 0.15) is 0 Å². The van der Waals surface area contributed by atoms with Crippen molar-refractivity contribution in [1.29, 1.82) is 0 Å². The number of morpholine rings is 1. The zero-order chi connectivity index (χ0) is 20.1. The third-order valence-electron chi connectivity index (χ3n) is 5.48. The second-order valence-corrected chi connectivity index (χ2v) is 9.13. The fraction of sp³-hybridized carbons (Fsp3) is 0.632. The zero-order valence-corrected chi connectivity index (χ0v) is 17.6. The van der Waals surface area contributed by atoms with Gasteiger partial charge in [-0.05, 0) is 25.1 Å². The normalized spacial score (nSPS) is 19.6. The van der Waals surface area contributed by atoms with Gasteiger partial charge >= 0.3 is 0 Å². The monoisotopic (exact) mass is 411 g/mol. The summed E-state index contributed by atoms with van der Waals surface area (Å²) in [4.78, 5) is 16.1. The molecule has 0 unspecified atom stereocenters. The van der Waals surface area contributed by atoms with Gasteiger partial charge in [-0.15, -0.1) is 0 Å². The third-order valence-corrected chi connectivity index (χ3v) is 7.38. The van der Waals surface area contributed by atoms with Crippen molar-refractivity contribution < 1.29 is 22.8 Å². The molecule has 0 atom stereocenters. The number of ether oxygens (including phenoxy) is 1. The van der Waals surface area contributed by atoms with Crippen LogP contribution in [0.25, 0.3) is 0 Å². The molecule has 0 radical (unpaired) electrons. The van der Waals surface area contributed by atoms with Crippen LogP contribution >= 0.6 is 0 Å². The lowest BCUT2D eigenvalue weighted by atomic mass is 10.2. The van der Waals surface area contributed by atoms with Gasteiger partial charge in [0.05, 0.1) is 62.2 Å². The van der Waals surface area contributed by atoms with Crippen molar-refractivity contribution in [1.82, 2.24) is 4.31 Å². The molecule has 3 rings (SSSR count). The summed E-state index contributed by atoms with van der Waals surface area (Å²) in [6, 6.07) is 5.09. The minimum absolute atomic E-state index is 0.125. The largest absolute Gasteiger partial charge is 0.379 e. The van der Waals surface area contributed by atoms with Gasteiger partial charge in [0, 0.05) is 19.5 Å². The topological polar surface area (TPSA) is 83.4 Å². The Morgan fingerprint density at radius 2 is 1.82 bits per heavy atom. The first-order valence-electron chi connectivity index (χ1n) is 10.1. The summed E-state index contributed by atoms with van der Waals surface area (Å²) in [5.41, 5.74) is 1.46. The number of nitrogens with one attached hydrogen (secondary N) is 2. The molecule has 28 heavy (non-hydrogen) atoms. The molecule has 1 aromatic rings. The summed E-state index contributed by atoms with van der Waals surface area (Å²) in [6.07, 6.45) is 0.341. The number of benzene rings is 1.